The number of primary amides is 1. The number of carbonyl (C=O) groups excluding carboxylic acids is 1. The summed E-state index contributed by atoms with van der Waals surface area (Å²) in [6.45, 7) is 0.642. The topological polar surface area (TPSA) is 94.2 Å². The highest BCUT2D eigenvalue weighted by Gasteiger charge is 2.32. The summed E-state index contributed by atoms with van der Waals surface area (Å²) >= 11 is 1.50. The average Bonchev–Trinajstić information content (AvgIpc) is 3.24. The minimum atomic E-state index is -0.423. The summed E-state index contributed by atoms with van der Waals surface area (Å²) < 4.78 is 0.838. The number of hydrogen-bond acceptors (Lipinski definition) is 7. The number of amides is 1. The van der Waals surface area contributed by atoms with E-state index in [0.29, 0.717) is 30.4 Å². The van der Waals surface area contributed by atoms with Gasteiger partial charge in [0.05, 0.1) is 5.52 Å². The maximum atomic E-state index is 11.6. The van der Waals surface area contributed by atoms with Crippen molar-refractivity contribution in [3.8, 4) is 17.4 Å². The molecule has 24 heavy (non-hydrogen) atoms. The number of aromatic nitrogens is 3. The Balaban J connectivity index is 1.74. The van der Waals surface area contributed by atoms with E-state index in [1.807, 2.05) is 29.6 Å². The van der Waals surface area contributed by atoms with Crippen LogP contribution in [-0.2, 0) is 4.79 Å². The smallest absolute Gasteiger partial charge is 0.259 e. The molecular weight excluding hydrogens is 326 g/mol. The van der Waals surface area contributed by atoms with Crippen LogP contribution in [0, 0.1) is 0 Å². The molecule has 0 aromatic carbocycles. The Morgan fingerprint density at radius 3 is 3.04 bits per heavy atom. The number of hydroxylamine groups is 2. The Morgan fingerprint density at radius 1 is 1.33 bits per heavy atom. The quantitative estimate of drug-likeness (QED) is 0.780. The van der Waals surface area contributed by atoms with Crippen molar-refractivity contribution >= 4 is 27.5 Å². The molecule has 3 aromatic heterocycles. The molecule has 3 aromatic rings. The van der Waals surface area contributed by atoms with Crippen molar-refractivity contribution in [1.29, 1.82) is 0 Å². The van der Waals surface area contributed by atoms with Crippen LogP contribution in [0.1, 0.15) is 12.8 Å². The fraction of sp³-hybridized carbons (Fsp3) is 0.250. The standard InChI is InChI=1S/C16H15N5O2S/c17-14(22)12-5-3-8-21(12)23-16-13-10(6-9-24-13)19-15(20-16)11-4-1-2-7-18-11/h1-2,4,6-7,9,12H,3,5,8H2,(H2,17,22). The van der Waals surface area contributed by atoms with Gasteiger partial charge in [-0.05, 0) is 36.4 Å². The molecule has 0 bridgehead atoms. The largest absolute Gasteiger partial charge is 0.383 e. The first kappa shape index (κ1) is 15.0. The molecule has 1 atom stereocenters. The van der Waals surface area contributed by atoms with E-state index in [-0.39, 0.29) is 5.91 Å². The molecule has 0 saturated carbocycles. The van der Waals surface area contributed by atoms with E-state index < -0.39 is 6.04 Å². The van der Waals surface area contributed by atoms with Gasteiger partial charge in [0.2, 0.25) is 5.91 Å². The van der Waals surface area contributed by atoms with E-state index in [2.05, 4.69) is 15.0 Å². The van der Waals surface area contributed by atoms with Crippen LogP contribution in [0.5, 0.6) is 5.88 Å². The van der Waals surface area contributed by atoms with Crippen LogP contribution in [0.2, 0.25) is 0 Å². The minimum Gasteiger partial charge on any atom is -0.383 e. The normalized spacial score (nSPS) is 18.1. The molecule has 1 aliphatic heterocycles. The number of hydrogen-bond donors (Lipinski definition) is 1. The van der Waals surface area contributed by atoms with Crippen LogP contribution in [0.3, 0.4) is 0 Å². The van der Waals surface area contributed by atoms with Gasteiger partial charge in [0.15, 0.2) is 5.82 Å². The van der Waals surface area contributed by atoms with Crippen LogP contribution >= 0.6 is 11.3 Å². The Kier molecular flexibility index (Phi) is 3.83. The van der Waals surface area contributed by atoms with Gasteiger partial charge < -0.3 is 10.6 Å². The molecule has 1 unspecified atom stereocenters. The molecule has 0 radical (unpaired) electrons. The summed E-state index contributed by atoms with van der Waals surface area (Å²) in [7, 11) is 0. The zero-order valence-corrected chi connectivity index (χ0v) is 13.6. The van der Waals surface area contributed by atoms with E-state index >= 15 is 0 Å². The predicted octanol–water partition coefficient (Wildman–Crippen LogP) is 2.00. The highest BCUT2D eigenvalue weighted by molar-refractivity contribution is 7.17. The van der Waals surface area contributed by atoms with Crippen molar-refractivity contribution in [2.24, 2.45) is 5.73 Å². The zero-order chi connectivity index (χ0) is 16.5. The maximum Gasteiger partial charge on any atom is 0.259 e. The second kappa shape index (κ2) is 6.14. The van der Waals surface area contributed by atoms with Crippen LogP contribution in [0.15, 0.2) is 35.8 Å². The lowest BCUT2D eigenvalue weighted by molar-refractivity contribution is -0.135. The summed E-state index contributed by atoms with van der Waals surface area (Å²) in [6, 6.07) is 7.06. The Hall–Kier alpha value is -2.58. The molecule has 0 spiro atoms. The number of carbonyl (C=O) groups is 1. The lowest BCUT2D eigenvalue weighted by atomic mass is 10.2. The molecular formula is C16H15N5O2S. The fourth-order valence-corrected chi connectivity index (χ4v) is 3.50. The maximum absolute atomic E-state index is 11.6. The summed E-state index contributed by atoms with van der Waals surface area (Å²) in [6.07, 6.45) is 3.25. The van der Waals surface area contributed by atoms with Crippen LogP contribution < -0.4 is 10.6 Å². The molecule has 0 aliphatic carbocycles. The number of thiophene rings is 1. The van der Waals surface area contributed by atoms with E-state index in [0.717, 1.165) is 16.6 Å². The van der Waals surface area contributed by atoms with Crippen molar-refractivity contribution in [3.05, 3.63) is 35.8 Å². The molecule has 4 heterocycles. The number of fused-ring (bicyclic) bond motifs is 1. The number of nitrogens with zero attached hydrogens (tertiary/aromatic N) is 4. The Labute approximate surface area is 142 Å². The molecule has 7 nitrogen and oxygen atoms in total. The monoisotopic (exact) mass is 341 g/mol. The van der Waals surface area contributed by atoms with Gasteiger partial charge in [-0.15, -0.1) is 16.4 Å². The first-order valence-corrected chi connectivity index (χ1v) is 8.51. The van der Waals surface area contributed by atoms with Gasteiger partial charge in [-0.25, -0.2) is 4.98 Å². The first-order chi connectivity index (χ1) is 11.7. The highest BCUT2D eigenvalue weighted by Crippen LogP contribution is 2.32. The van der Waals surface area contributed by atoms with Crippen molar-refractivity contribution in [1.82, 2.24) is 20.0 Å². The molecule has 8 heteroatoms. The summed E-state index contributed by atoms with van der Waals surface area (Å²) in [5, 5.41) is 3.55. The third-order valence-corrected chi connectivity index (χ3v) is 4.79. The van der Waals surface area contributed by atoms with Crippen LogP contribution in [0.4, 0.5) is 0 Å². The number of rotatable bonds is 4. The molecule has 4 rings (SSSR count). The van der Waals surface area contributed by atoms with E-state index in [1.54, 1.807) is 11.3 Å². The van der Waals surface area contributed by atoms with Gasteiger partial charge in [0, 0.05) is 12.7 Å². The second-order valence-electron chi connectivity index (χ2n) is 5.49. The van der Waals surface area contributed by atoms with Gasteiger partial charge in [-0.3, -0.25) is 9.78 Å². The van der Waals surface area contributed by atoms with Gasteiger partial charge in [-0.2, -0.15) is 4.98 Å². The first-order valence-electron chi connectivity index (χ1n) is 7.63. The van der Waals surface area contributed by atoms with Crippen molar-refractivity contribution in [3.63, 3.8) is 0 Å². The molecule has 1 aliphatic rings. The van der Waals surface area contributed by atoms with Crippen molar-refractivity contribution in [2.45, 2.75) is 18.9 Å². The van der Waals surface area contributed by atoms with E-state index in [9.17, 15) is 4.79 Å². The summed E-state index contributed by atoms with van der Waals surface area (Å²) in [5.74, 6) is 0.545. The number of nitrogens with two attached hydrogens (primary N) is 1. The Morgan fingerprint density at radius 2 is 2.25 bits per heavy atom. The van der Waals surface area contributed by atoms with Gasteiger partial charge in [0.25, 0.3) is 5.88 Å². The minimum absolute atomic E-state index is 0.381. The van der Waals surface area contributed by atoms with Crippen molar-refractivity contribution in [2.75, 3.05) is 6.54 Å². The van der Waals surface area contributed by atoms with Crippen LogP contribution in [0.25, 0.3) is 21.7 Å². The third kappa shape index (κ3) is 2.70. The van der Waals surface area contributed by atoms with Gasteiger partial charge in [0.1, 0.15) is 16.4 Å². The van der Waals surface area contributed by atoms with E-state index in [4.69, 9.17) is 10.6 Å². The van der Waals surface area contributed by atoms with Crippen molar-refractivity contribution < 1.29 is 9.63 Å². The molecule has 1 fully saturated rings. The SMILES string of the molecule is NC(=O)C1CCCN1Oc1nc(-c2ccccn2)nc2ccsc12. The molecule has 1 saturated heterocycles. The Bertz CT molecular complexity index is 883. The predicted molar refractivity (Wildman–Crippen MR) is 90.2 cm³/mol. The second-order valence-corrected chi connectivity index (χ2v) is 6.41. The lowest BCUT2D eigenvalue weighted by Gasteiger charge is -2.21. The molecule has 122 valence electrons. The van der Waals surface area contributed by atoms with E-state index in [1.165, 1.54) is 11.3 Å². The van der Waals surface area contributed by atoms with Gasteiger partial charge >= 0.3 is 0 Å². The number of pyridine rings is 1. The summed E-state index contributed by atoms with van der Waals surface area (Å²) in [5.41, 5.74) is 6.92. The molecule has 2 N–H and O–H groups in total. The highest BCUT2D eigenvalue weighted by atomic mass is 32.1. The molecule has 1 amide bonds. The van der Waals surface area contributed by atoms with Gasteiger partial charge in [-0.1, -0.05) is 6.07 Å². The summed E-state index contributed by atoms with van der Waals surface area (Å²) in [4.78, 5) is 30.9. The fourth-order valence-electron chi connectivity index (χ4n) is 2.75. The lowest BCUT2D eigenvalue weighted by Crippen LogP contribution is -2.42. The van der Waals surface area contributed by atoms with Crippen LogP contribution in [-0.4, -0.2) is 38.5 Å². The average molecular weight is 341 g/mol. The third-order valence-electron chi connectivity index (χ3n) is 3.90. The zero-order valence-electron chi connectivity index (χ0n) is 12.8.